The molecule has 84 valence electrons. The number of aliphatic carboxylic acids is 1. The van der Waals surface area contributed by atoms with E-state index in [1.807, 2.05) is 0 Å². The third-order valence-electron chi connectivity index (χ3n) is 1.67. The Morgan fingerprint density at radius 1 is 1.36 bits per heavy atom. The number of hydrogen-bond acceptors (Lipinski definition) is 4. The molecule has 2 N–H and O–H groups in total. The van der Waals surface area contributed by atoms with E-state index >= 15 is 0 Å². The molecule has 5 heteroatoms. The van der Waals surface area contributed by atoms with E-state index < -0.39 is 11.6 Å². The molecule has 0 bridgehead atoms. The van der Waals surface area contributed by atoms with E-state index in [1.54, 1.807) is 13.8 Å². The van der Waals surface area contributed by atoms with Crippen molar-refractivity contribution in [3.63, 3.8) is 0 Å². The zero-order valence-corrected chi connectivity index (χ0v) is 9.03. The fourth-order valence-corrected chi connectivity index (χ4v) is 0.296. The Bertz CT molecular complexity index is 180. The molecule has 0 rings (SSSR count). The average Bonchev–Trinajstić information content (AvgIpc) is 2.17. The molecule has 0 saturated carbocycles. The van der Waals surface area contributed by atoms with Crippen molar-refractivity contribution in [1.82, 2.24) is 0 Å². The standard InChI is InChI=1S/C5H10O3.C4H8O2/c1-3-5(2,8)4(6)7;1-3-4(5)6-2/h8H,3H2,1-2H3,(H,6,7);3H2,1-2H3. The summed E-state index contributed by atoms with van der Waals surface area (Å²) in [7, 11) is 1.38. The number of carbonyl (C=O) groups excluding carboxylic acids is 1. The lowest BCUT2D eigenvalue weighted by atomic mass is 10.1. The number of rotatable bonds is 3. The zero-order valence-electron chi connectivity index (χ0n) is 9.03. The summed E-state index contributed by atoms with van der Waals surface area (Å²) >= 11 is 0. The smallest absolute Gasteiger partial charge is 0.335 e. The van der Waals surface area contributed by atoms with Crippen LogP contribution in [0.3, 0.4) is 0 Å². The predicted molar refractivity (Wildman–Crippen MR) is 50.9 cm³/mol. The fourth-order valence-electron chi connectivity index (χ4n) is 0.296. The number of esters is 1. The second-order valence-corrected chi connectivity index (χ2v) is 2.86. The van der Waals surface area contributed by atoms with Crippen LogP contribution in [0.1, 0.15) is 33.6 Å². The van der Waals surface area contributed by atoms with Gasteiger partial charge in [0.25, 0.3) is 0 Å². The highest BCUT2D eigenvalue weighted by Crippen LogP contribution is 2.06. The van der Waals surface area contributed by atoms with Crippen molar-refractivity contribution in [3.05, 3.63) is 0 Å². The van der Waals surface area contributed by atoms with E-state index in [4.69, 9.17) is 10.2 Å². The quantitative estimate of drug-likeness (QED) is 0.667. The van der Waals surface area contributed by atoms with Gasteiger partial charge in [0, 0.05) is 6.42 Å². The van der Waals surface area contributed by atoms with Gasteiger partial charge < -0.3 is 14.9 Å². The maximum absolute atomic E-state index is 10.0. The van der Waals surface area contributed by atoms with E-state index in [2.05, 4.69) is 4.74 Å². The Kier molecular flexibility index (Phi) is 8.04. The van der Waals surface area contributed by atoms with Gasteiger partial charge in [-0.3, -0.25) is 4.79 Å². The Morgan fingerprint density at radius 3 is 1.79 bits per heavy atom. The van der Waals surface area contributed by atoms with Crippen molar-refractivity contribution in [3.8, 4) is 0 Å². The van der Waals surface area contributed by atoms with Gasteiger partial charge in [-0.2, -0.15) is 0 Å². The molecule has 0 aromatic carbocycles. The van der Waals surface area contributed by atoms with Crippen LogP contribution < -0.4 is 0 Å². The van der Waals surface area contributed by atoms with Crippen LogP contribution in [0.5, 0.6) is 0 Å². The van der Waals surface area contributed by atoms with Gasteiger partial charge in [0.15, 0.2) is 5.60 Å². The minimum absolute atomic E-state index is 0.157. The Balaban J connectivity index is 0. The van der Waals surface area contributed by atoms with E-state index in [1.165, 1.54) is 14.0 Å². The lowest BCUT2D eigenvalue weighted by Crippen LogP contribution is -2.33. The van der Waals surface area contributed by atoms with Gasteiger partial charge in [0.05, 0.1) is 7.11 Å². The third-order valence-corrected chi connectivity index (χ3v) is 1.67. The number of carboxylic acids is 1. The first kappa shape index (κ1) is 15.4. The topological polar surface area (TPSA) is 83.8 Å². The molecule has 14 heavy (non-hydrogen) atoms. The first-order chi connectivity index (χ1) is 6.31. The van der Waals surface area contributed by atoms with Crippen LogP contribution >= 0.6 is 0 Å². The molecular formula is C9H18O5. The number of hydrogen-bond donors (Lipinski definition) is 2. The third kappa shape index (κ3) is 7.54. The van der Waals surface area contributed by atoms with E-state index in [0.717, 1.165) is 0 Å². The van der Waals surface area contributed by atoms with Gasteiger partial charge in [-0.15, -0.1) is 0 Å². The second kappa shape index (κ2) is 7.32. The molecule has 0 aromatic rings. The van der Waals surface area contributed by atoms with Crippen LogP contribution in [0.15, 0.2) is 0 Å². The number of methoxy groups -OCH3 is 1. The maximum atomic E-state index is 10.0. The summed E-state index contributed by atoms with van der Waals surface area (Å²) in [5.41, 5.74) is -1.54. The van der Waals surface area contributed by atoms with Crippen LogP contribution in [-0.4, -0.2) is 34.9 Å². The minimum atomic E-state index is -1.54. The largest absolute Gasteiger partial charge is 0.479 e. The Labute approximate surface area is 83.7 Å². The Hall–Kier alpha value is -1.10. The van der Waals surface area contributed by atoms with Gasteiger partial charge in [-0.05, 0) is 13.3 Å². The summed E-state index contributed by atoms with van der Waals surface area (Å²) in [6.45, 7) is 4.65. The fraction of sp³-hybridized carbons (Fsp3) is 0.778. The van der Waals surface area contributed by atoms with Crippen LogP contribution in [0.25, 0.3) is 0 Å². The molecule has 0 aliphatic carbocycles. The highest BCUT2D eigenvalue weighted by Gasteiger charge is 2.26. The van der Waals surface area contributed by atoms with Crippen LogP contribution in [0, 0.1) is 0 Å². The van der Waals surface area contributed by atoms with Crippen LogP contribution in [0.4, 0.5) is 0 Å². The summed E-state index contributed by atoms with van der Waals surface area (Å²) in [6, 6.07) is 0. The van der Waals surface area contributed by atoms with E-state index in [-0.39, 0.29) is 12.4 Å². The summed E-state index contributed by atoms with van der Waals surface area (Å²) < 4.78 is 4.26. The van der Waals surface area contributed by atoms with Crippen molar-refractivity contribution >= 4 is 11.9 Å². The zero-order chi connectivity index (χ0) is 11.8. The molecule has 0 saturated heterocycles. The van der Waals surface area contributed by atoms with Gasteiger partial charge in [-0.25, -0.2) is 4.79 Å². The summed E-state index contributed by atoms with van der Waals surface area (Å²) in [4.78, 5) is 20.0. The molecule has 1 unspecified atom stereocenters. The summed E-state index contributed by atoms with van der Waals surface area (Å²) in [6.07, 6.45) is 0.707. The molecule has 0 heterocycles. The van der Waals surface area contributed by atoms with Crippen molar-refractivity contribution < 1.29 is 24.5 Å². The lowest BCUT2D eigenvalue weighted by Gasteiger charge is -2.13. The van der Waals surface area contributed by atoms with E-state index in [0.29, 0.717) is 6.42 Å². The molecule has 0 amide bonds. The molecule has 0 spiro atoms. The maximum Gasteiger partial charge on any atom is 0.335 e. The normalized spacial score (nSPS) is 13.2. The van der Waals surface area contributed by atoms with Crippen LogP contribution in [-0.2, 0) is 14.3 Å². The van der Waals surface area contributed by atoms with Gasteiger partial charge in [0.2, 0.25) is 0 Å². The predicted octanol–water partition coefficient (Wildman–Crippen LogP) is 0.801. The monoisotopic (exact) mass is 206 g/mol. The molecule has 0 radical (unpaired) electrons. The highest BCUT2D eigenvalue weighted by molar-refractivity contribution is 5.76. The Morgan fingerprint density at radius 2 is 1.79 bits per heavy atom. The minimum Gasteiger partial charge on any atom is -0.479 e. The van der Waals surface area contributed by atoms with Crippen molar-refractivity contribution in [2.75, 3.05) is 7.11 Å². The first-order valence-corrected chi connectivity index (χ1v) is 4.34. The molecule has 0 aromatic heterocycles. The van der Waals surface area contributed by atoms with Crippen molar-refractivity contribution in [2.45, 2.75) is 39.2 Å². The first-order valence-electron chi connectivity index (χ1n) is 4.34. The van der Waals surface area contributed by atoms with Gasteiger partial charge in [-0.1, -0.05) is 13.8 Å². The number of carbonyl (C=O) groups is 2. The molecule has 0 fully saturated rings. The van der Waals surface area contributed by atoms with Crippen molar-refractivity contribution in [2.24, 2.45) is 0 Å². The molecule has 0 aliphatic heterocycles. The lowest BCUT2D eigenvalue weighted by molar-refractivity contribution is -0.156. The van der Waals surface area contributed by atoms with Gasteiger partial charge >= 0.3 is 11.9 Å². The van der Waals surface area contributed by atoms with Crippen molar-refractivity contribution in [1.29, 1.82) is 0 Å². The second-order valence-electron chi connectivity index (χ2n) is 2.86. The van der Waals surface area contributed by atoms with Gasteiger partial charge in [0.1, 0.15) is 0 Å². The number of aliphatic hydroxyl groups is 1. The average molecular weight is 206 g/mol. The molecule has 0 aliphatic rings. The molecule has 1 atom stereocenters. The number of ether oxygens (including phenoxy) is 1. The molecular weight excluding hydrogens is 188 g/mol. The molecule has 5 nitrogen and oxygen atoms in total. The summed E-state index contributed by atoms with van der Waals surface area (Å²) in [5, 5.41) is 17.0. The highest BCUT2D eigenvalue weighted by atomic mass is 16.5. The summed E-state index contributed by atoms with van der Waals surface area (Å²) in [5.74, 6) is -1.32. The SMILES string of the molecule is CCC(=O)OC.CCC(C)(O)C(=O)O. The van der Waals surface area contributed by atoms with Crippen LogP contribution in [0.2, 0.25) is 0 Å². The van der Waals surface area contributed by atoms with E-state index in [9.17, 15) is 9.59 Å². The number of carboxylic acid groups (broad SMARTS) is 1.